The maximum Gasteiger partial charge on any atom is 0.222 e. The van der Waals surface area contributed by atoms with E-state index in [9.17, 15) is 4.79 Å². The lowest BCUT2D eigenvalue weighted by Gasteiger charge is -2.27. The Morgan fingerprint density at radius 3 is 2.80 bits per heavy atom. The number of carbonyl (C=O) groups is 1. The summed E-state index contributed by atoms with van der Waals surface area (Å²) in [7, 11) is 0. The van der Waals surface area contributed by atoms with Crippen LogP contribution in [0, 0.1) is 0 Å². The van der Waals surface area contributed by atoms with Gasteiger partial charge in [-0.1, -0.05) is 6.42 Å². The number of rotatable bonds is 4. The molecule has 0 bridgehead atoms. The number of guanidine groups is 1. The van der Waals surface area contributed by atoms with Gasteiger partial charge in [0.25, 0.3) is 0 Å². The highest BCUT2D eigenvalue weighted by Crippen LogP contribution is 2.11. The van der Waals surface area contributed by atoms with E-state index >= 15 is 0 Å². The van der Waals surface area contributed by atoms with Crippen molar-refractivity contribution >= 4 is 11.9 Å². The van der Waals surface area contributed by atoms with Gasteiger partial charge in [-0.25, -0.2) is 0 Å². The number of morpholine rings is 1. The molecule has 2 fully saturated rings. The number of nitrogens with two attached hydrogens (primary N) is 1. The molecule has 2 aliphatic heterocycles. The maximum absolute atomic E-state index is 11.8. The molecule has 0 aromatic rings. The van der Waals surface area contributed by atoms with Gasteiger partial charge < -0.3 is 20.3 Å². The van der Waals surface area contributed by atoms with Gasteiger partial charge in [0.15, 0.2) is 5.96 Å². The third kappa shape index (κ3) is 4.67. The van der Waals surface area contributed by atoms with E-state index in [-0.39, 0.29) is 0 Å². The Hall–Kier alpha value is -1.30. The summed E-state index contributed by atoms with van der Waals surface area (Å²) in [5.74, 6) is 0.906. The largest absolute Gasteiger partial charge is 0.378 e. The molecule has 6 heteroatoms. The Balaban J connectivity index is 1.67. The highest BCUT2D eigenvalue weighted by Gasteiger charge is 2.16. The van der Waals surface area contributed by atoms with Crippen LogP contribution in [0.4, 0.5) is 0 Å². The van der Waals surface area contributed by atoms with Crippen molar-refractivity contribution in [3.05, 3.63) is 0 Å². The third-order valence-electron chi connectivity index (χ3n) is 3.87. The van der Waals surface area contributed by atoms with E-state index in [2.05, 4.69) is 9.89 Å². The van der Waals surface area contributed by atoms with Crippen LogP contribution >= 0.6 is 0 Å². The first-order valence-corrected chi connectivity index (χ1v) is 7.68. The first-order valence-electron chi connectivity index (χ1n) is 7.68. The van der Waals surface area contributed by atoms with Crippen LogP contribution in [0.25, 0.3) is 0 Å². The van der Waals surface area contributed by atoms with Crippen LogP contribution in [0.15, 0.2) is 4.99 Å². The van der Waals surface area contributed by atoms with E-state index < -0.39 is 0 Å². The van der Waals surface area contributed by atoms with E-state index in [0.717, 1.165) is 58.7 Å². The van der Waals surface area contributed by atoms with E-state index in [1.54, 1.807) is 0 Å². The average Bonchev–Trinajstić information content (AvgIpc) is 2.69. The van der Waals surface area contributed by atoms with Gasteiger partial charge in [0.2, 0.25) is 5.91 Å². The predicted octanol–water partition coefficient (Wildman–Crippen LogP) is 0.426. The second kappa shape index (κ2) is 8.09. The molecule has 2 aliphatic rings. The number of ether oxygens (including phenoxy) is 1. The van der Waals surface area contributed by atoms with E-state index in [4.69, 9.17) is 10.5 Å². The minimum atomic E-state index is 0.299. The van der Waals surface area contributed by atoms with Gasteiger partial charge >= 0.3 is 0 Å². The van der Waals surface area contributed by atoms with E-state index in [1.807, 2.05) is 4.90 Å². The van der Waals surface area contributed by atoms with Crippen molar-refractivity contribution in [1.82, 2.24) is 9.80 Å². The average molecular weight is 282 g/mol. The minimum absolute atomic E-state index is 0.299. The summed E-state index contributed by atoms with van der Waals surface area (Å²) in [5, 5.41) is 0. The number of carbonyl (C=O) groups excluding carboxylic acids is 1. The molecule has 0 unspecified atom stereocenters. The first kappa shape index (κ1) is 15.1. The lowest BCUT2D eigenvalue weighted by Crippen LogP contribution is -2.44. The third-order valence-corrected chi connectivity index (χ3v) is 3.87. The molecule has 20 heavy (non-hydrogen) atoms. The van der Waals surface area contributed by atoms with Crippen LogP contribution in [0.1, 0.15) is 32.1 Å². The van der Waals surface area contributed by atoms with Crippen molar-refractivity contribution in [3.63, 3.8) is 0 Å². The molecule has 6 nitrogen and oxygen atoms in total. The fourth-order valence-corrected chi connectivity index (χ4v) is 2.62. The Kier molecular flexibility index (Phi) is 6.11. The van der Waals surface area contributed by atoms with Gasteiger partial charge in [-0.2, -0.15) is 0 Å². The molecule has 0 atom stereocenters. The number of hydrogen-bond acceptors (Lipinski definition) is 3. The number of amides is 1. The molecule has 2 N–H and O–H groups in total. The highest BCUT2D eigenvalue weighted by atomic mass is 16.5. The van der Waals surface area contributed by atoms with Gasteiger partial charge in [0.05, 0.1) is 13.2 Å². The molecular formula is C14H26N4O2. The van der Waals surface area contributed by atoms with Crippen molar-refractivity contribution in [2.75, 3.05) is 45.9 Å². The standard InChI is InChI=1S/C14H26N4O2/c15-14(18-9-11-20-12-10-18)16-6-4-8-17-7-3-1-2-5-13(17)19/h1-12H2,(H2,15,16). The van der Waals surface area contributed by atoms with Crippen LogP contribution in [0.5, 0.6) is 0 Å². The number of likely N-dealkylation sites (tertiary alicyclic amines) is 1. The zero-order valence-corrected chi connectivity index (χ0v) is 12.2. The predicted molar refractivity (Wildman–Crippen MR) is 78.5 cm³/mol. The quantitative estimate of drug-likeness (QED) is 0.461. The molecule has 114 valence electrons. The molecule has 0 aromatic heterocycles. The SMILES string of the molecule is NC(=NCCCN1CCCCCC1=O)N1CCOCC1. The number of aliphatic imine (C=N–C) groups is 1. The Morgan fingerprint density at radius 2 is 2.00 bits per heavy atom. The van der Waals surface area contributed by atoms with Crippen molar-refractivity contribution in [3.8, 4) is 0 Å². The monoisotopic (exact) mass is 282 g/mol. The summed E-state index contributed by atoms with van der Waals surface area (Å²) < 4.78 is 5.28. The van der Waals surface area contributed by atoms with Crippen molar-refractivity contribution < 1.29 is 9.53 Å². The van der Waals surface area contributed by atoms with Crippen LogP contribution in [0.3, 0.4) is 0 Å². The lowest BCUT2D eigenvalue weighted by molar-refractivity contribution is -0.130. The summed E-state index contributed by atoms with van der Waals surface area (Å²) in [5.41, 5.74) is 5.96. The van der Waals surface area contributed by atoms with Crippen LogP contribution < -0.4 is 5.73 Å². The minimum Gasteiger partial charge on any atom is -0.378 e. The van der Waals surface area contributed by atoms with Crippen molar-refractivity contribution in [2.24, 2.45) is 10.7 Å². The lowest BCUT2D eigenvalue weighted by atomic mass is 10.2. The molecule has 0 saturated carbocycles. The molecule has 2 rings (SSSR count). The second-order valence-electron chi connectivity index (χ2n) is 5.38. The molecule has 1 amide bonds. The van der Waals surface area contributed by atoms with E-state index in [1.165, 1.54) is 6.42 Å². The topological polar surface area (TPSA) is 71.2 Å². The summed E-state index contributed by atoms with van der Waals surface area (Å²) in [6.07, 6.45) is 4.93. The number of nitrogens with zero attached hydrogens (tertiary/aromatic N) is 3. The summed E-state index contributed by atoms with van der Waals surface area (Å²) in [6, 6.07) is 0. The molecule has 2 heterocycles. The van der Waals surface area contributed by atoms with E-state index in [0.29, 0.717) is 24.8 Å². The van der Waals surface area contributed by atoms with Crippen LogP contribution in [-0.2, 0) is 9.53 Å². The Bertz CT molecular complexity index is 340. The molecule has 0 radical (unpaired) electrons. The van der Waals surface area contributed by atoms with Gasteiger partial charge in [-0.05, 0) is 19.3 Å². The summed E-state index contributed by atoms with van der Waals surface area (Å²) in [4.78, 5) is 20.3. The fourth-order valence-electron chi connectivity index (χ4n) is 2.62. The van der Waals surface area contributed by atoms with Gasteiger partial charge in [-0.15, -0.1) is 0 Å². The molecule has 2 saturated heterocycles. The molecule has 0 aliphatic carbocycles. The second-order valence-corrected chi connectivity index (χ2v) is 5.38. The summed E-state index contributed by atoms with van der Waals surface area (Å²) >= 11 is 0. The Labute approximate surface area is 121 Å². The van der Waals surface area contributed by atoms with Gasteiger partial charge in [0.1, 0.15) is 0 Å². The molecular weight excluding hydrogens is 256 g/mol. The molecule has 0 spiro atoms. The van der Waals surface area contributed by atoms with Gasteiger partial charge in [0, 0.05) is 39.1 Å². The maximum atomic E-state index is 11.8. The van der Waals surface area contributed by atoms with Crippen LogP contribution in [-0.4, -0.2) is 67.6 Å². The van der Waals surface area contributed by atoms with Crippen LogP contribution in [0.2, 0.25) is 0 Å². The van der Waals surface area contributed by atoms with Crippen molar-refractivity contribution in [2.45, 2.75) is 32.1 Å². The molecule has 0 aromatic carbocycles. The fraction of sp³-hybridized carbons (Fsp3) is 0.857. The summed E-state index contributed by atoms with van der Waals surface area (Å²) in [6.45, 7) is 5.48. The highest BCUT2D eigenvalue weighted by molar-refractivity contribution is 5.78. The first-order chi connectivity index (χ1) is 9.77. The number of hydrogen-bond donors (Lipinski definition) is 1. The zero-order chi connectivity index (χ0) is 14.2. The van der Waals surface area contributed by atoms with Gasteiger partial charge in [-0.3, -0.25) is 9.79 Å². The normalized spacial score (nSPS) is 22.0. The Morgan fingerprint density at radius 1 is 1.20 bits per heavy atom. The zero-order valence-electron chi connectivity index (χ0n) is 12.2. The smallest absolute Gasteiger partial charge is 0.222 e. The van der Waals surface area contributed by atoms with Crippen molar-refractivity contribution in [1.29, 1.82) is 0 Å².